The number of aliphatic hydroxyl groups is 2. The van der Waals surface area contributed by atoms with Gasteiger partial charge in [0.25, 0.3) is 0 Å². The molecule has 190 valence electrons. The van der Waals surface area contributed by atoms with Gasteiger partial charge in [0.05, 0.1) is 18.2 Å². The summed E-state index contributed by atoms with van der Waals surface area (Å²) in [7, 11) is -4.51. The van der Waals surface area contributed by atoms with Crippen molar-refractivity contribution < 1.29 is 33.1 Å². The zero-order valence-corrected chi connectivity index (χ0v) is 20.8. The Hall–Kier alpha value is -0.740. The van der Waals surface area contributed by atoms with Crippen LogP contribution in [0.1, 0.15) is 78.6 Å². The van der Waals surface area contributed by atoms with Crippen molar-refractivity contribution in [1.29, 1.82) is 0 Å². The van der Waals surface area contributed by atoms with Gasteiger partial charge >= 0.3 is 16.3 Å². The molecule has 0 heterocycles. The largest absolute Gasteiger partial charge is 0.481 e. The van der Waals surface area contributed by atoms with Crippen LogP contribution < -0.4 is 4.72 Å². The number of aliphatic hydroxyl groups excluding tert-OH is 2. The lowest BCUT2D eigenvalue weighted by Crippen LogP contribution is -2.68. The molecule has 8 nitrogen and oxygen atoms in total. The van der Waals surface area contributed by atoms with Crippen LogP contribution in [0.5, 0.6) is 0 Å². The van der Waals surface area contributed by atoms with Crippen molar-refractivity contribution >= 4 is 16.3 Å². The molecule has 4 aliphatic rings. The fourth-order valence-corrected chi connectivity index (χ4v) is 9.76. The summed E-state index contributed by atoms with van der Waals surface area (Å²) in [4.78, 5) is 11.1. The zero-order chi connectivity index (χ0) is 24.3. The fourth-order valence-electron chi connectivity index (χ4n) is 9.12. The summed E-state index contributed by atoms with van der Waals surface area (Å²) in [6, 6.07) is -0.786. The molecular formula is C24H41NO7S. The zero-order valence-electron chi connectivity index (χ0n) is 20.0. The van der Waals surface area contributed by atoms with E-state index in [1.807, 2.05) is 0 Å². The molecule has 0 amide bonds. The van der Waals surface area contributed by atoms with Crippen LogP contribution in [0.2, 0.25) is 0 Å². The Kier molecular flexibility index (Phi) is 6.71. The van der Waals surface area contributed by atoms with Gasteiger partial charge in [-0.05, 0) is 97.7 Å². The second kappa shape index (κ2) is 8.73. The first-order valence-corrected chi connectivity index (χ1v) is 14.0. The Morgan fingerprint density at radius 2 is 1.67 bits per heavy atom. The lowest BCUT2D eigenvalue weighted by atomic mass is 9.42. The molecule has 0 aromatic rings. The number of hydrogen-bond donors (Lipinski definition) is 5. The number of carboxylic acid groups (broad SMARTS) is 1. The van der Waals surface area contributed by atoms with E-state index < -0.39 is 34.5 Å². The minimum Gasteiger partial charge on any atom is -0.481 e. The third kappa shape index (κ3) is 4.37. The van der Waals surface area contributed by atoms with Crippen molar-refractivity contribution in [2.24, 2.45) is 46.3 Å². The van der Waals surface area contributed by atoms with Crippen LogP contribution in [0.25, 0.3) is 0 Å². The first-order chi connectivity index (χ1) is 15.3. The SMILES string of the molecule is C[C@H](CCC(=O)O)[C@H]1CC[C@H]2[C@@H]3C(NS(=O)(=O)O)[C@H](O)[C@@H]4C[C@H](O)CC[C@]4(C)[C@H]3CC[C@]12C. The Balaban J connectivity index is 1.69. The van der Waals surface area contributed by atoms with Gasteiger partial charge in [-0.25, -0.2) is 0 Å². The van der Waals surface area contributed by atoms with E-state index in [4.69, 9.17) is 5.11 Å². The maximum absolute atomic E-state index is 11.9. The molecular weight excluding hydrogens is 446 g/mol. The molecule has 0 aromatic carbocycles. The Bertz CT molecular complexity index is 865. The van der Waals surface area contributed by atoms with E-state index in [2.05, 4.69) is 25.5 Å². The summed E-state index contributed by atoms with van der Waals surface area (Å²) in [6.45, 7) is 6.62. The molecule has 1 unspecified atom stereocenters. The maximum Gasteiger partial charge on any atom is 0.333 e. The van der Waals surface area contributed by atoms with Crippen molar-refractivity contribution in [3.63, 3.8) is 0 Å². The first-order valence-electron chi connectivity index (χ1n) is 12.6. The van der Waals surface area contributed by atoms with Crippen molar-refractivity contribution in [3.8, 4) is 0 Å². The number of hydrogen-bond acceptors (Lipinski definition) is 5. The average Bonchev–Trinajstić information content (AvgIpc) is 3.07. The molecule has 0 radical (unpaired) electrons. The third-order valence-corrected chi connectivity index (χ3v) is 11.2. The monoisotopic (exact) mass is 487 g/mol. The second-order valence-electron chi connectivity index (χ2n) is 12.1. The third-order valence-electron chi connectivity index (χ3n) is 10.6. The van der Waals surface area contributed by atoms with Gasteiger partial charge in [0.1, 0.15) is 0 Å². The van der Waals surface area contributed by atoms with Crippen molar-refractivity contribution in [3.05, 3.63) is 0 Å². The lowest BCUT2D eigenvalue weighted by Gasteiger charge is -2.64. The van der Waals surface area contributed by atoms with Crippen LogP contribution in [-0.2, 0) is 15.1 Å². The standard InChI is InChI=1S/C24H41NO7S/c1-13(4-7-19(27)28)15-5-6-16-20-17(9-11-23(15,16)2)24(3)10-8-14(26)12-18(24)22(29)21(20)25-33(30,31)32/h13-18,20-22,25-26,29H,4-12H2,1-3H3,(H,27,28)(H,30,31,32)/t13-,14-,15-,16+,17+,18+,20+,21?,22-,23-,24-/m1/s1. The predicted molar refractivity (Wildman–Crippen MR) is 123 cm³/mol. The molecule has 0 bridgehead atoms. The maximum atomic E-state index is 11.9. The van der Waals surface area contributed by atoms with Crippen LogP contribution >= 0.6 is 0 Å². The van der Waals surface area contributed by atoms with E-state index in [0.29, 0.717) is 25.2 Å². The Labute approximate surface area is 197 Å². The van der Waals surface area contributed by atoms with Gasteiger partial charge in [-0.1, -0.05) is 20.8 Å². The molecule has 5 N–H and O–H groups in total. The van der Waals surface area contributed by atoms with Gasteiger partial charge in [0.2, 0.25) is 0 Å². The number of rotatable bonds is 6. The van der Waals surface area contributed by atoms with E-state index in [1.54, 1.807) is 0 Å². The van der Waals surface area contributed by atoms with E-state index >= 15 is 0 Å². The van der Waals surface area contributed by atoms with Crippen molar-refractivity contribution in [2.45, 2.75) is 96.8 Å². The quantitative estimate of drug-likeness (QED) is 0.362. The summed E-state index contributed by atoms with van der Waals surface area (Å²) >= 11 is 0. The topological polar surface area (TPSA) is 144 Å². The minimum atomic E-state index is -4.51. The molecule has 0 aliphatic heterocycles. The number of fused-ring (bicyclic) bond motifs is 5. The lowest BCUT2D eigenvalue weighted by molar-refractivity contribution is -0.184. The normalized spacial score (nSPS) is 48.4. The average molecular weight is 488 g/mol. The fraction of sp³-hybridized carbons (Fsp3) is 0.958. The van der Waals surface area contributed by atoms with E-state index in [1.165, 1.54) is 0 Å². The predicted octanol–water partition coefficient (Wildman–Crippen LogP) is 2.85. The molecule has 0 saturated heterocycles. The molecule has 33 heavy (non-hydrogen) atoms. The Morgan fingerprint density at radius 3 is 2.30 bits per heavy atom. The summed E-state index contributed by atoms with van der Waals surface area (Å²) in [5.41, 5.74) is -0.246. The van der Waals surface area contributed by atoms with Gasteiger partial charge in [0.15, 0.2) is 0 Å². The molecule has 0 spiro atoms. The van der Waals surface area contributed by atoms with Crippen LogP contribution in [-0.4, -0.2) is 52.5 Å². The number of nitrogens with one attached hydrogen (secondary N) is 1. The summed E-state index contributed by atoms with van der Waals surface area (Å²) < 4.78 is 36.0. The van der Waals surface area contributed by atoms with Gasteiger partial charge in [-0.2, -0.15) is 13.1 Å². The van der Waals surface area contributed by atoms with Crippen LogP contribution in [0.3, 0.4) is 0 Å². The molecule has 11 atom stereocenters. The van der Waals surface area contributed by atoms with Gasteiger partial charge in [0, 0.05) is 6.42 Å². The number of aliphatic carboxylic acids is 1. The van der Waals surface area contributed by atoms with Gasteiger partial charge < -0.3 is 15.3 Å². The minimum absolute atomic E-state index is 0.0602. The van der Waals surface area contributed by atoms with E-state index in [0.717, 1.165) is 32.1 Å². The molecule has 4 rings (SSSR count). The van der Waals surface area contributed by atoms with Gasteiger partial charge in [-0.15, -0.1) is 0 Å². The second-order valence-corrected chi connectivity index (χ2v) is 13.3. The highest BCUT2D eigenvalue weighted by molar-refractivity contribution is 7.83. The van der Waals surface area contributed by atoms with E-state index in [9.17, 15) is 28.0 Å². The smallest absolute Gasteiger partial charge is 0.333 e. The Morgan fingerprint density at radius 1 is 1.03 bits per heavy atom. The molecule has 9 heteroatoms. The summed E-state index contributed by atoms with van der Waals surface area (Å²) in [6.07, 6.45) is 5.05. The molecule has 4 aliphatic carbocycles. The number of carbonyl (C=O) groups is 1. The van der Waals surface area contributed by atoms with Crippen LogP contribution in [0.15, 0.2) is 0 Å². The highest BCUT2D eigenvalue weighted by Crippen LogP contribution is 2.68. The van der Waals surface area contributed by atoms with Gasteiger partial charge in [-0.3, -0.25) is 9.35 Å². The number of carboxylic acids is 1. The summed E-state index contributed by atoms with van der Waals surface area (Å²) in [5.74, 6) is -0.119. The molecule has 0 aromatic heterocycles. The highest BCUT2D eigenvalue weighted by atomic mass is 32.2. The first kappa shape index (κ1) is 25.4. The molecule has 4 saturated carbocycles. The highest BCUT2D eigenvalue weighted by Gasteiger charge is 2.65. The van der Waals surface area contributed by atoms with Crippen molar-refractivity contribution in [2.75, 3.05) is 0 Å². The summed E-state index contributed by atoms with van der Waals surface area (Å²) in [5, 5.41) is 30.9. The van der Waals surface area contributed by atoms with Crippen molar-refractivity contribution in [1.82, 2.24) is 4.72 Å². The van der Waals surface area contributed by atoms with Crippen LogP contribution in [0, 0.1) is 46.3 Å². The molecule has 4 fully saturated rings. The van der Waals surface area contributed by atoms with E-state index in [-0.39, 0.29) is 46.8 Å². The van der Waals surface area contributed by atoms with Crippen LogP contribution in [0.4, 0.5) is 0 Å².